The number of nitrogens with one attached hydrogen (secondary N) is 1. The van der Waals surface area contributed by atoms with E-state index in [0.717, 1.165) is 11.8 Å². The SMILES string of the molecule is Cn1cc(NC2CCC3CCCCC3C2)cn1. The molecule has 0 saturated heterocycles. The zero-order valence-electron chi connectivity index (χ0n) is 10.7. The predicted molar refractivity (Wildman–Crippen MR) is 69.9 cm³/mol. The highest BCUT2D eigenvalue weighted by Crippen LogP contribution is 2.41. The van der Waals surface area contributed by atoms with E-state index in [1.165, 1.54) is 50.6 Å². The van der Waals surface area contributed by atoms with Gasteiger partial charge in [-0.2, -0.15) is 5.10 Å². The van der Waals surface area contributed by atoms with Gasteiger partial charge in [-0.15, -0.1) is 0 Å². The fraction of sp³-hybridized carbons (Fsp3) is 0.786. The maximum atomic E-state index is 4.22. The van der Waals surface area contributed by atoms with Gasteiger partial charge in [0.1, 0.15) is 0 Å². The monoisotopic (exact) mass is 233 g/mol. The predicted octanol–water partition coefficient (Wildman–Crippen LogP) is 3.19. The molecular weight excluding hydrogens is 210 g/mol. The summed E-state index contributed by atoms with van der Waals surface area (Å²) >= 11 is 0. The Labute approximate surface area is 104 Å². The molecular formula is C14H23N3. The van der Waals surface area contributed by atoms with Gasteiger partial charge in [-0.1, -0.05) is 25.7 Å². The molecule has 3 rings (SSSR count). The lowest BCUT2D eigenvalue weighted by molar-refractivity contribution is 0.162. The zero-order chi connectivity index (χ0) is 11.7. The summed E-state index contributed by atoms with van der Waals surface area (Å²) in [5.74, 6) is 2.03. The van der Waals surface area contributed by atoms with Gasteiger partial charge >= 0.3 is 0 Å². The fourth-order valence-electron chi connectivity index (χ4n) is 3.74. The maximum Gasteiger partial charge on any atom is 0.0728 e. The number of hydrogen-bond acceptors (Lipinski definition) is 2. The van der Waals surface area contributed by atoms with E-state index in [4.69, 9.17) is 0 Å². The molecule has 0 radical (unpaired) electrons. The molecule has 2 saturated carbocycles. The van der Waals surface area contributed by atoms with Crippen LogP contribution in [0.25, 0.3) is 0 Å². The fourth-order valence-corrected chi connectivity index (χ4v) is 3.74. The summed E-state index contributed by atoms with van der Waals surface area (Å²) in [5, 5.41) is 7.87. The van der Waals surface area contributed by atoms with Gasteiger partial charge in [0.25, 0.3) is 0 Å². The average molecular weight is 233 g/mol. The minimum Gasteiger partial charge on any atom is -0.380 e. The van der Waals surface area contributed by atoms with E-state index < -0.39 is 0 Å². The third-order valence-electron chi connectivity index (χ3n) is 4.62. The van der Waals surface area contributed by atoms with Gasteiger partial charge in [0, 0.05) is 19.3 Å². The van der Waals surface area contributed by atoms with Crippen LogP contribution in [0.4, 0.5) is 5.69 Å². The third-order valence-corrected chi connectivity index (χ3v) is 4.62. The van der Waals surface area contributed by atoms with Crippen LogP contribution < -0.4 is 5.32 Å². The molecule has 3 unspecified atom stereocenters. The van der Waals surface area contributed by atoms with Crippen molar-refractivity contribution in [1.82, 2.24) is 9.78 Å². The van der Waals surface area contributed by atoms with Crippen LogP contribution in [0.3, 0.4) is 0 Å². The Kier molecular flexibility index (Phi) is 3.08. The average Bonchev–Trinajstić information content (AvgIpc) is 2.75. The molecule has 3 heteroatoms. The molecule has 2 aliphatic rings. The first-order chi connectivity index (χ1) is 8.31. The van der Waals surface area contributed by atoms with E-state index in [0.29, 0.717) is 6.04 Å². The number of nitrogens with zero attached hydrogens (tertiary/aromatic N) is 2. The molecule has 94 valence electrons. The molecule has 3 nitrogen and oxygen atoms in total. The van der Waals surface area contributed by atoms with Crippen LogP contribution in [0.5, 0.6) is 0 Å². The Hall–Kier alpha value is -0.990. The van der Waals surface area contributed by atoms with Gasteiger partial charge in [-0.05, 0) is 31.1 Å². The Morgan fingerprint density at radius 3 is 2.76 bits per heavy atom. The minimum absolute atomic E-state index is 0.679. The van der Waals surface area contributed by atoms with Crippen molar-refractivity contribution in [2.24, 2.45) is 18.9 Å². The summed E-state index contributed by atoms with van der Waals surface area (Å²) < 4.78 is 1.87. The van der Waals surface area contributed by atoms with Crippen molar-refractivity contribution in [3.05, 3.63) is 12.4 Å². The number of aryl methyl sites for hydroxylation is 1. The molecule has 0 aliphatic heterocycles. The van der Waals surface area contributed by atoms with E-state index >= 15 is 0 Å². The molecule has 17 heavy (non-hydrogen) atoms. The Bertz CT molecular complexity index is 371. The topological polar surface area (TPSA) is 29.9 Å². The molecule has 0 aromatic carbocycles. The summed E-state index contributed by atoms with van der Waals surface area (Å²) in [5.41, 5.74) is 1.19. The van der Waals surface area contributed by atoms with Crippen LogP contribution in [0.15, 0.2) is 12.4 Å². The van der Waals surface area contributed by atoms with Crippen LogP contribution in [-0.2, 0) is 7.05 Å². The third kappa shape index (κ3) is 2.48. The Morgan fingerprint density at radius 1 is 1.18 bits per heavy atom. The van der Waals surface area contributed by atoms with Gasteiger partial charge in [-0.3, -0.25) is 4.68 Å². The Balaban J connectivity index is 1.58. The van der Waals surface area contributed by atoms with Crippen molar-refractivity contribution in [2.75, 3.05) is 5.32 Å². The van der Waals surface area contributed by atoms with Gasteiger partial charge in [0.15, 0.2) is 0 Å². The van der Waals surface area contributed by atoms with Gasteiger partial charge in [0.05, 0.1) is 11.9 Å². The van der Waals surface area contributed by atoms with Gasteiger partial charge in [0.2, 0.25) is 0 Å². The quantitative estimate of drug-likeness (QED) is 0.850. The molecule has 2 aliphatic carbocycles. The van der Waals surface area contributed by atoms with Crippen LogP contribution in [0.2, 0.25) is 0 Å². The van der Waals surface area contributed by atoms with E-state index in [2.05, 4.69) is 16.6 Å². The lowest BCUT2D eigenvalue weighted by Gasteiger charge is -2.39. The largest absolute Gasteiger partial charge is 0.380 e. The molecule has 3 atom stereocenters. The van der Waals surface area contributed by atoms with Crippen LogP contribution in [0.1, 0.15) is 44.9 Å². The van der Waals surface area contributed by atoms with Crippen molar-refractivity contribution in [2.45, 2.75) is 51.0 Å². The first kappa shape index (κ1) is 11.1. The highest BCUT2D eigenvalue weighted by molar-refractivity contribution is 5.39. The lowest BCUT2D eigenvalue weighted by atomic mass is 9.69. The molecule has 1 aromatic heterocycles. The number of anilines is 1. The van der Waals surface area contributed by atoms with Crippen molar-refractivity contribution in [3.63, 3.8) is 0 Å². The van der Waals surface area contributed by atoms with E-state index in [1.807, 2.05) is 17.9 Å². The first-order valence-corrected chi connectivity index (χ1v) is 7.06. The molecule has 2 fully saturated rings. The summed E-state index contributed by atoms with van der Waals surface area (Å²) in [6, 6.07) is 0.679. The summed E-state index contributed by atoms with van der Waals surface area (Å²) in [7, 11) is 1.98. The second-order valence-electron chi connectivity index (χ2n) is 5.86. The number of fused-ring (bicyclic) bond motifs is 1. The van der Waals surface area contributed by atoms with Crippen molar-refractivity contribution < 1.29 is 0 Å². The van der Waals surface area contributed by atoms with E-state index in [9.17, 15) is 0 Å². The lowest BCUT2D eigenvalue weighted by Crippen LogP contribution is -2.34. The van der Waals surface area contributed by atoms with Crippen molar-refractivity contribution >= 4 is 5.69 Å². The Morgan fingerprint density at radius 2 is 2.00 bits per heavy atom. The second-order valence-corrected chi connectivity index (χ2v) is 5.86. The number of rotatable bonds is 2. The van der Waals surface area contributed by atoms with Gasteiger partial charge in [-0.25, -0.2) is 0 Å². The normalized spacial score (nSPS) is 33.1. The van der Waals surface area contributed by atoms with Crippen LogP contribution >= 0.6 is 0 Å². The van der Waals surface area contributed by atoms with E-state index in [-0.39, 0.29) is 0 Å². The zero-order valence-corrected chi connectivity index (χ0v) is 10.7. The maximum absolute atomic E-state index is 4.22. The summed E-state index contributed by atoms with van der Waals surface area (Å²) in [6.07, 6.45) is 14.1. The minimum atomic E-state index is 0.679. The molecule has 1 N–H and O–H groups in total. The molecule has 0 bridgehead atoms. The summed E-state index contributed by atoms with van der Waals surface area (Å²) in [6.45, 7) is 0. The molecule has 1 aromatic rings. The number of aromatic nitrogens is 2. The summed E-state index contributed by atoms with van der Waals surface area (Å²) in [4.78, 5) is 0. The molecule has 0 amide bonds. The first-order valence-electron chi connectivity index (χ1n) is 7.06. The highest BCUT2D eigenvalue weighted by Gasteiger charge is 2.32. The second kappa shape index (κ2) is 4.71. The highest BCUT2D eigenvalue weighted by atomic mass is 15.3. The number of hydrogen-bond donors (Lipinski definition) is 1. The van der Waals surface area contributed by atoms with Crippen molar-refractivity contribution in [1.29, 1.82) is 0 Å². The van der Waals surface area contributed by atoms with Crippen LogP contribution in [0, 0.1) is 11.8 Å². The molecule has 0 spiro atoms. The molecule has 1 heterocycles. The van der Waals surface area contributed by atoms with Gasteiger partial charge < -0.3 is 5.32 Å². The van der Waals surface area contributed by atoms with Crippen molar-refractivity contribution in [3.8, 4) is 0 Å². The smallest absolute Gasteiger partial charge is 0.0728 e. The van der Waals surface area contributed by atoms with Crippen LogP contribution in [-0.4, -0.2) is 15.8 Å². The van der Waals surface area contributed by atoms with E-state index in [1.54, 1.807) is 0 Å². The standard InChI is InChI=1S/C14H23N3/c1-17-10-14(9-15-17)16-13-7-6-11-4-2-3-5-12(11)8-13/h9-13,16H,2-8H2,1H3.